The van der Waals surface area contributed by atoms with E-state index in [1.54, 1.807) is 0 Å². The highest BCUT2D eigenvalue weighted by atomic mass is 16.6. The number of esters is 2. The molecular weight excluding hydrogens is 532 g/mol. The summed E-state index contributed by atoms with van der Waals surface area (Å²) in [5, 5.41) is 0. The Kier molecular flexibility index (Phi) is 24.5. The lowest BCUT2D eigenvalue weighted by molar-refractivity contribution is -0.187. The fourth-order valence-electron chi connectivity index (χ4n) is 5.90. The molecule has 4 heteroatoms. The zero-order valence-electron chi connectivity index (χ0n) is 30.5. The second-order valence-electron chi connectivity index (χ2n) is 15.4. The third-order valence-corrected chi connectivity index (χ3v) is 8.49. The molecule has 0 aliphatic carbocycles. The Hall–Kier alpha value is -1.06. The SMILES string of the molecule is CCCCCCCCCCCCCCC(CCCCCCCCCCCCCC)(C(=O)OC(C)(C)C)C(=O)OC(C)(C)C. The molecule has 43 heavy (non-hydrogen) atoms. The minimum Gasteiger partial charge on any atom is -0.459 e. The van der Waals surface area contributed by atoms with Gasteiger partial charge < -0.3 is 9.47 Å². The molecule has 0 saturated carbocycles. The topological polar surface area (TPSA) is 52.6 Å². The summed E-state index contributed by atoms with van der Waals surface area (Å²) in [6, 6.07) is 0. The third-order valence-electron chi connectivity index (χ3n) is 8.49. The number of hydrogen-bond acceptors (Lipinski definition) is 4. The van der Waals surface area contributed by atoms with E-state index in [1.807, 2.05) is 41.5 Å². The zero-order valence-corrected chi connectivity index (χ0v) is 30.5. The fourth-order valence-corrected chi connectivity index (χ4v) is 5.90. The molecule has 256 valence electrons. The summed E-state index contributed by atoms with van der Waals surface area (Å²) in [4.78, 5) is 27.5. The summed E-state index contributed by atoms with van der Waals surface area (Å²) in [5.41, 5.74) is -2.49. The summed E-state index contributed by atoms with van der Waals surface area (Å²) < 4.78 is 11.8. The van der Waals surface area contributed by atoms with Crippen LogP contribution in [0.2, 0.25) is 0 Å². The molecule has 0 aromatic carbocycles. The van der Waals surface area contributed by atoms with Crippen molar-refractivity contribution in [1.29, 1.82) is 0 Å². The van der Waals surface area contributed by atoms with Crippen LogP contribution in [-0.2, 0) is 19.1 Å². The highest BCUT2D eigenvalue weighted by Gasteiger charge is 2.50. The van der Waals surface area contributed by atoms with Gasteiger partial charge in [-0.25, -0.2) is 0 Å². The predicted octanol–water partition coefficient (Wildman–Crippen LogP) is 12.8. The number of carbonyl (C=O) groups is 2. The second kappa shape index (κ2) is 25.2. The van der Waals surface area contributed by atoms with Crippen LogP contribution in [0.25, 0.3) is 0 Å². The van der Waals surface area contributed by atoms with E-state index in [9.17, 15) is 9.59 Å². The zero-order chi connectivity index (χ0) is 32.5. The molecule has 0 saturated heterocycles. The van der Waals surface area contributed by atoms with Gasteiger partial charge in [-0.3, -0.25) is 9.59 Å². The Bertz CT molecular complexity index is 612. The fraction of sp³-hybridized carbons (Fsp3) is 0.949. The van der Waals surface area contributed by atoms with Gasteiger partial charge in [0.25, 0.3) is 0 Å². The molecule has 0 aliphatic rings. The first-order valence-corrected chi connectivity index (χ1v) is 18.8. The molecule has 0 aromatic rings. The van der Waals surface area contributed by atoms with Gasteiger partial charge in [-0.2, -0.15) is 0 Å². The molecule has 0 N–H and O–H groups in total. The van der Waals surface area contributed by atoms with E-state index in [0.717, 1.165) is 38.5 Å². The largest absolute Gasteiger partial charge is 0.459 e. The van der Waals surface area contributed by atoms with E-state index in [4.69, 9.17) is 9.47 Å². The lowest BCUT2D eigenvalue weighted by Gasteiger charge is -2.35. The van der Waals surface area contributed by atoms with Crippen molar-refractivity contribution in [3.05, 3.63) is 0 Å². The Morgan fingerprint density at radius 2 is 0.581 bits per heavy atom. The monoisotopic (exact) mass is 609 g/mol. The molecule has 0 spiro atoms. The summed E-state index contributed by atoms with van der Waals surface area (Å²) in [7, 11) is 0. The van der Waals surface area contributed by atoms with Gasteiger partial charge in [-0.05, 0) is 54.4 Å². The molecular formula is C39H76O4. The molecule has 0 heterocycles. The van der Waals surface area contributed by atoms with Crippen molar-refractivity contribution in [2.24, 2.45) is 5.41 Å². The first-order chi connectivity index (χ1) is 20.4. The Labute approximate surface area is 269 Å². The van der Waals surface area contributed by atoms with Crippen LogP contribution in [0.4, 0.5) is 0 Å². The number of rotatable bonds is 28. The molecule has 0 bridgehead atoms. The maximum atomic E-state index is 13.7. The summed E-state index contributed by atoms with van der Waals surface area (Å²) in [6.07, 6.45) is 31.2. The highest BCUT2D eigenvalue weighted by molar-refractivity contribution is 6.00. The quantitative estimate of drug-likeness (QED) is 0.0503. The Morgan fingerprint density at radius 1 is 0.372 bits per heavy atom. The average molecular weight is 609 g/mol. The normalized spacial score (nSPS) is 12.5. The van der Waals surface area contributed by atoms with Crippen LogP contribution >= 0.6 is 0 Å². The van der Waals surface area contributed by atoms with Gasteiger partial charge in [0.05, 0.1) is 0 Å². The van der Waals surface area contributed by atoms with Gasteiger partial charge in [0.2, 0.25) is 0 Å². The summed E-state index contributed by atoms with van der Waals surface area (Å²) in [5.74, 6) is -0.777. The van der Waals surface area contributed by atoms with Crippen molar-refractivity contribution < 1.29 is 19.1 Å². The van der Waals surface area contributed by atoms with E-state index in [1.165, 1.54) is 116 Å². The second-order valence-corrected chi connectivity index (χ2v) is 15.4. The minimum atomic E-state index is -1.21. The van der Waals surface area contributed by atoms with E-state index < -0.39 is 16.6 Å². The molecule has 4 nitrogen and oxygen atoms in total. The van der Waals surface area contributed by atoms with Crippen molar-refractivity contribution in [2.45, 2.75) is 234 Å². The van der Waals surface area contributed by atoms with Crippen LogP contribution in [0.3, 0.4) is 0 Å². The minimum absolute atomic E-state index is 0.389. The standard InChI is InChI=1S/C39H76O4/c1-9-11-13-15-17-19-21-23-25-27-29-31-33-39(35(40)42-37(3,4)5,36(41)43-38(6,7)8)34-32-30-28-26-24-22-20-18-16-14-12-10-2/h9-34H2,1-8H3. The predicted molar refractivity (Wildman–Crippen MR) is 186 cm³/mol. The van der Waals surface area contributed by atoms with E-state index in [-0.39, 0.29) is 11.9 Å². The van der Waals surface area contributed by atoms with Gasteiger partial charge in [-0.1, -0.05) is 168 Å². The van der Waals surface area contributed by atoms with Crippen LogP contribution in [-0.4, -0.2) is 23.1 Å². The first kappa shape index (κ1) is 41.9. The molecule has 0 aliphatic heterocycles. The molecule has 0 unspecified atom stereocenters. The van der Waals surface area contributed by atoms with Gasteiger partial charge in [0.15, 0.2) is 5.41 Å². The van der Waals surface area contributed by atoms with Crippen molar-refractivity contribution in [2.75, 3.05) is 0 Å². The van der Waals surface area contributed by atoms with E-state index >= 15 is 0 Å². The van der Waals surface area contributed by atoms with Crippen LogP contribution in [0.1, 0.15) is 222 Å². The van der Waals surface area contributed by atoms with E-state index in [2.05, 4.69) is 13.8 Å². The molecule has 0 fully saturated rings. The van der Waals surface area contributed by atoms with Gasteiger partial charge in [0, 0.05) is 0 Å². The van der Waals surface area contributed by atoms with Gasteiger partial charge in [0.1, 0.15) is 11.2 Å². The Balaban J connectivity index is 4.92. The van der Waals surface area contributed by atoms with Crippen LogP contribution in [0.5, 0.6) is 0 Å². The third kappa shape index (κ3) is 23.9. The number of unbranched alkanes of at least 4 members (excludes halogenated alkanes) is 22. The van der Waals surface area contributed by atoms with Crippen molar-refractivity contribution >= 4 is 11.9 Å². The maximum Gasteiger partial charge on any atom is 0.324 e. The summed E-state index contributed by atoms with van der Waals surface area (Å²) >= 11 is 0. The molecule has 0 atom stereocenters. The van der Waals surface area contributed by atoms with Crippen LogP contribution < -0.4 is 0 Å². The van der Waals surface area contributed by atoms with E-state index in [0.29, 0.717) is 12.8 Å². The maximum absolute atomic E-state index is 13.7. The summed E-state index contributed by atoms with van der Waals surface area (Å²) in [6.45, 7) is 15.9. The van der Waals surface area contributed by atoms with Crippen molar-refractivity contribution in [3.63, 3.8) is 0 Å². The van der Waals surface area contributed by atoms with Crippen molar-refractivity contribution in [1.82, 2.24) is 0 Å². The average Bonchev–Trinajstić information content (AvgIpc) is 2.91. The number of hydrogen-bond donors (Lipinski definition) is 0. The lowest BCUT2D eigenvalue weighted by atomic mass is 9.77. The van der Waals surface area contributed by atoms with Crippen LogP contribution in [0, 0.1) is 5.41 Å². The van der Waals surface area contributed by atoms with Crippen LogP contribution in [0.15, 0.2) is 0 Å². The molecule has 0 amide bonds. The number of carbonyl (C=O) groups excluding carboxylic acids is 2. The smallest absolute Gasteiger partial charge is 0.324 e. The number of ether oxygens (including phenoxy) is 2. The van der Waals surface area contributed by atoms with Gasteiger partial charge >= 0.3 is 11.9 Å². The Morgan fingerprint density at radius 3 is 0.791 bits per heavy atom. The lowest BCUT2D eigenvalue weighted by Crippen LogP contribution is -2.46. The molecule has 0 rings (SSSR count). The molecule has 0 aromatic heterocycles. The first-order valence-electron chi connectivity index (χ1n) is 18.8. The van der Waals surface area contributed by atoms with Gasteiger partial charge in [-0.15, -0.1) is 0 Å². The van der Waals surface area contributed by atoms with Crippen molar-refractivity contribution in [3.8, 4) is 0 Å². The molecule has 0 radical (unpaired) electrons. The highest BCUT2D eigenvalue weighted by Crippen LogP contribution is 2.38.